The van der Waals surface area contributed by atoms with Gasteiger partial charge >= 0.3 is 17.1 Å². The van der Waals surface area contributed by atoms with Crippen LogP contribution in [0.5, 0.6) is 0 Å². The minimum Gasteiger partial charge on any atom is -0.464 e. The van der Waals surface area contributed by atoms with Gasteiger partial charge in [0.15, 0.2) is 0 Å². The second-order valence-corrected chi connectivity index (χ2v) is 16.9. The minimum absolute atomic E-state index is 0. The molecular formula is C38H52FeO2P2. The Labute approximate surface area is 275 Å². The Kier molecular flexibility index (Phi) is 15.5. The normalized spacial score (nSPS) is 18.3. The van der Waals surface area contributed by atoms with Crippen molar-refractivity contribution in [3.05, 3.63) is 110 Å². The van der Waals surface area contributed by atoms with E-state index in [1.165, 1.54) is 84.2 Å². The molecule has 2 heterocycles. The molecule has 0 amide bonds. The Balaban J connectivity index is 0.000000734. The van der Waals surface area contributed by atoms with Crippen molar-refractivity contribution in [3.63, 3.8) is 0 Å². The molecule has 2 aromatic carbocycles. The summed E-state index contributed by atoms with van der Waals surface area (Å²) in [4.78, 5) is 0. The molecule has 2 unspecified atom stereocenters. The quantitative estimate of drug-likeness (QED) is 0.112. The fourth-order valence-electron chi connectivity index (χ4n) is 6.98. The van der Waals surface area contributed by atoms with Gasteiger partial charge in [0, 0.05) is 7.92 Å². The summed E-state index contributed by atoms with van der Waals surface area (Å²) in [6.07, 6.45) is 14.9. The summed E-state index contributed by atoms with van der Waals surface area (Å²) in [5.41, 5.74) is 8.78. The van der Waals surface area contributed by atoms with Crippen LogP contribution in [0.3, 0.4) is 0 Å². The third kappa shape index (κ3) is 9.44. The van der Waals surface area contributed by atoms with Crippen molar-refractivity contribution in [2.45, 2.75) is 97.3 Å². The van der Waals surface area contributed by atoms with Crippen molar-refractivity contribution in [2.24, 2.45) is 5.92 Å². The Bertz CT molecular complexity index is 1210. The van der Waals surface area contributed by atoms with Crippen molar-refractivity contribution < 1.29 is 25.9 Å². The van der Waals surface area contributed by atoms with Gasteiger partial charge in [0.2, 0.25) is 0 Å². The fraction of sp³-hybridized carbons (Fsp3) is 0.421. The summed E-state index contributed by atoms with van der Waals surface area (Å²) >= 11 is 0. The first-order valence-corrected chi connectivity index (χ1v) is 18.0. The zero-order valence-electron chi connectivity index (χ0n) is 27.4. The van der Waals surface area contributed by atoms with Gasteiger partial charge in [0.1, 0.15) is 11.0 Å². The molecule has 2 aliphatic carbocycles. The van der Waals surface area contributed by atoms with Gasteiger partial charge in [-0.25, -0.2) is 0 Å². The summed E-state index contributed by atoms with van der Waals surface area (Å²) in [5, 5.41) is 3.03. The molecule has 2 nitrogen and oxygen atoms in total. The number of rotatable bonds is 7. The van der Waals surface area contributed by atoms with Crippen LogP contribution in [0.1, 0.15) is 80.5 Å². The first kappa shape index (κ1) is 37.6. The van der Waals surface area contributed by atoms with Crippen LogP contribution in [0, 0.1) is 48.5 Å². The molecule has 2 saturated carbocycles. The van der Waals surface area contributed by atoms with Crippen LogP contribution in [-0.2, 0) is 17.1 Å². The molecule has 4 aromatic rings. The number of hydrogen-bond acceptors (Lipinski definition) is 2. The van der Waals surface area contributed by atoms with Crippen LogP contribution in [-0.4, -0.2) is 11.3 Å². The van der Waals surface area contributed by atoms with E-state index in [-0.39, 0.29) is 31.9 Å². The Morgan fingerprint density at radius 3 is 1.42 bits per heavy atom. The molecule has 2 fully saturated rings. The molecule has 6 rings (SSSR count). The van der Waals surface area contributed by atoms with Gasteiger partial charge in [0.25, 0.3) is 0 Å². The number of furan rings is 2. The van der Waals surface area contributed by atoms with Gasteiger partial charge in [-0.1, -0.05) is 104 Å². The first-order chi connectivity index (χ1) is 19.4. The van der Waals surface area contributed by atoms with Crippen molar-refractivity contribution in [1.82, 2.24) is 0 Å². The standard InChI is InChI=1S/C31H36O2P2.C5H10.2CH3.Fe/c1-21-15-22(2)18-26(17-21)34(27-19-23(3)16-24(4)20-27)25(5)28-9-6-10-29(28)35(30-11-7-13-32-30)31-12-8-14-33-31;1-2-4-5-3-1;;;/h7-8,11-20,25,28-29H,6,9-10H2,1-5H3;1-5H2;2*1H3;/q;;2*-1;+2/t25-,28?,29?;;;;/m0..../s1. The molecule has 0 radical (unpaired) electrons. The molecule has 2 aliphatic rings. The van der Waals surface area contributed by atoms with Gasteiger partial charge in [-0.2, -0.15) is 0 Å². The van der Waals surface area contributed by atoms with E-state index in [9.17, 15) is 0 Å². The molecule has 2 aromatic heterocycles. The topological polar surface area (TPSA) is 26.3 Å². The molecule has 0 N–H and O–H groups in total. The number of benzene rings is 2. The predicted molar refractivity (Wildman–Crippen MR) is 188 cm³/mol. The molecule has 3 atom stereocenters. The van der Waals surface area contributed by atoms with Crippen molar-refractivity contribution in [1.29, 1.82) is 0 Å². The zero-order valence-corrected chi connectivity index (χ0v) is 30.3. The van der Waals surface area contributed by atoms with E-state index in [2.05, 4.69) is 83.1 Å². The van der Waals surface area contributed by atoms with E-state index >= 15 is 0 Å². The summed E-state index contributed by atoms with van der Waals surface area (Å²) in [6.45, 7) is 11.5. The Hall–Kier alpha value is -1.62. The summed E-state index contributed by atoms with van der Waals surface area (Å²) < 4.78 is 12.1. The van der Waals surface area contributed by atoms with Gasteiger partial charge < -0.3 is 23.7 Å². The van der Waals surface area contributed by atoms with Crippen LogP contribution in [0.4, 0.5) is 0 Å². The summed E-state index contributed by atoms with van der Waals surface area (Å²) in [5.74, 6) is 0.629. The van der Waals surface area contributed by atoms with Crippen LogP contribution in [0.2, 0.25) is 0 Å². The van der Waals surface area contributed by atoms with Crippen molar-refractivity contribution >= 4 is 37.5 Å². The van der Waals surface area contributed by atoms with Gasteiger partial charge in [-0.3, -0.25) is 0 Å². The third-order valence-electron chi connectivity index (χ3n) is 8.60. The minimum atomic E-state index is -0.660. The van der Waals surface area contributed by atoms with Gasteiger partial charge in [-0.15, -0.1) is 0 Å². The summed E-state index contributed by atoms with van der Waals surface area (Å²) in [6, 6.07) is 22.7. The number of hydrogen-bond donors (Lipinski definition) is 0. The van der Waals surface area contributed by atoms with Crippen molar-refractivity contribution in [2.75, 3.05) is 0 Å². The van der Waals surface area contributed by atoms with Crippen LogP contribution < -0.4 is 21.6 Å². The maximum absolute atomic E-state index is 6.03. The van der Waals surface area contributed by atoms with E-state index in [4.69, 9.17) is 8.83 Å². The van der Waals surface area contributed by atoms with Crippen molar-refractivity contribution in [3.8, 4) is 0 Å². The molecule has 5 heteroatoms. The number of aryl methyl sites for hydroxylation is 4. The SMILES string of the molecule is C1CCCC1.Cc1cc(C)cc(P(c2cc(C)cc(C)c2)[C@@H](C)C2CCCC2P(c2ccco2)c2ccco2)c1.[CH3-].[CH3-].[Fe+2]. The Morgan fingerprint density at radius 2 is 1.05 bits per heavy atom. The molecule has 234 valence electrons. The van der Waals surface area contributed by atoms with Gasteiger partial charge in [0.05, 0.1) is 12.5 Å². The monoisotopic (exact) mass is 658 g/mol. The predicted octanol–water partition coefficient (Wildman–Crippen LogP) is 10.1. The van der Waals surface area contributed by atoms with Crippen LogP contribution in [0.15, 0.2) is 82.0 Å². The Morgan fingerprint density at radius 1 is 0.628 bits per heavy atom. The maximum atomic E-state index is 6.03. The molecule has 0 bridgehead atoms. The van der Waals surface area contributed by atoms with Crippen LogP contribution >= 0.6 is 15.8 Å². The second kappa shape index (κ2) is 17.8. The second-order valence-electron chi connectivity index (χ2n) is 12.0. The van der Waals surface area contributed by atoms with E-state index in [0.717, 1.165) is 11.0 Å². The van der Waals surface area contributed by atoms with Gasteiger partial charge in [-0.05, 0) is 101 Å². The molecular weight excluding hydrogens is 606 g/mol. The first-order valence-electron chi connectivity index (χ1n) is 15.2. The van der Waals surface area contributed by atoms with E-state index in [1.54, 1.807) is 0 Å². The molecule has 0 saturated heterocycles. The smallest absolute Gasteiger partial charge is 0.464 e. The molecule has 0 spiro atoms. The third-order valence-corrected chi connectivity index (χ3v) is 14.2. The van der Waals surface area contributed by atoms with Crippen LogP contribution in [0.25, 0.3) is 0 Å². The zero-order chi connectivity index (χ0) is 28.1. The largest absolute Gasteiger partial charge is 2.00 e. The average molecular weight is 659 g/mol. The molecule has 43 heavy (non-hydrogen) atoms. The van der Waals surface area contributed by atoms with E-state index in [0.29, 0.717) is 17.2 Å². The summed E-state index contributed by atoms with van der Waals surface area (Å²) in [7, 11) is -1.17. The average Bonchev–Trinajstić information content (AvgIpc) is 3.74. The maximum Gasteiger partial charge on any atom is 2.00 e. The molecule has 0 aliphatic heterocycles. The fourth-order valence-corrected chi connectivity index (χ4v) is 13.4. The van der Waals surface area contributed by atoms with E-state index < -0.39 is 15.8 Å². The van der Waals surface area contributed by atoms with E-state index in [1.807, 2.05) is 24.7 Å².